The summed E-state index contributed by atoms with van der Waals surface area (Å²) in [5.74, 6) is 17.1. The van der Waals surface area contributed by atoms with Crippen LogP contribution in [0.2, 0.25) is 0 Å². The third kappa shape index (κ3) is 17.9. The van der Waals surface area contributed by atoms with Crippen LogP contribution in [-0.4, -0.2) is 13.1 Å². The molecule has 0 saturated heterocycles. The first-order valence-electron chi connectivity index (χ1n) is 7.92. The fraction of sp³-hybridized carbons (Fsp3) is 0.381. The van der Waals surface area contributed by atoms with Crippen molar-refractivity contribution in [3.8, 4) is 35.5 Å². The molecule has 0 saturated carbocycles. The number of hydrogen-bond acceptors (Lipinski definition) is 2. The lowest BCUT2D eigenvalue weighted by Crippen LogP contribution is -1.98. The molecule has 0 aliphatic rings. The van der Waals surface area contributed by atoms with Crippen LogP contribution in [0.4, 0.5) is 0 Å². The van der Waals surface area contributed by atoms with Crippen LogP contribution in [0.25, 0.3) is 0 Å². The number of unbranched alkanes of at least 4 members (excludes halogenated alkanes) is 4. The fourth-order valence-corrected chi connectivity index (χ4v) is 1.68. The van der Waals surface area contributed by atoms with Gasteiger partial charge in [-0.2, -0.15) is 0 Å². The average Bonchev–Trinajstić information content (AvgIpc) is 2.60. The van der Waals surface area contributed by atoms with Gasteiger partial charge in [-0.1, -0.05) is 58.2 Å². The number of hydrogen-bond donors (Lipinski definition) is 0. The van der Waals surface area contributed by atoms with Crippen LogP contribution in [0.1, 0.15) is 44.9 Å². The van der Waals surface area contributed by atoms with E-state index in [1.807, 2.05) is 24.3 Å². The maximum atomic E-state index is 10.9. The highest BCUT2D eigenvalue weighted by atomic mass is 79.9. The molecule has 0 atom stereocenters. The van der Waals surface area contributed by atoms with E-state index in [4.69, 9.17) is 0 Å². The Kier molecular flexibility index (Phi) is 17.2. The van der Waals surface area contributed by atoms with Gasteiger partial charge in [-0.25, -0.2) is 0 Å². The molecule has 0 fully saturated rings. The van der Waals surface area contributed by atoms with Gasteiger partial charge in [0.1, 0.15) is 0 Å². The molecule has 0 N–H and O–H groups in total. The van der Waals surface area contributed by atoms with Crippen molar-refractivity contribution < 1.29 is 9.53 Å². The number of carbonyl (C=O) groups excluding carboxylic acids is 1. The largest absolute Gasteiger partial charge is 0.469 e. The van der Waals surface area contributed by atoms with Gasteiger partial charge in [-0.15, -0.1) is 0 Å². The molecule has 0 aromatic heterocycles. The van der Waals surface area contributed by atoms with Crippen LogP contribution in [0.3, 0.4) is 0 Å². The van der Waals surface area contributed by atoms with E-state index in [0.717, 1.165) is 38.5 Å². The molecule has 0 aliphatic carbocycles. The van der Waals surface area contributed by atoms with Gasteiger partial charge in [-0.05, 0) is 60.7 Å². The summed E-state index contributed by atoms with van der Waals surface area (Å²) in [6.45, 7) is 0. The third-order valence-corrected chi connectivity index (χ3v) is 3.03. The topological polar surface area (TPSA) is 26.3 Å². The smallest absolute Gasteiger partial charge is 0.305 e. The average molecular weight is 387 g/mol. The van der Waals surface area contributed by atoms with Gasteiger partial charge >= 0.3 is 5.97 Å². The minimum absolute atomic E-state index is 0.144. The van der Waals surface area contributed by atoms with Crippen LogP contribution in [0, 0.1) is 35.5 Å². The zero-order chi connectivity index (χ0) is 17.7. The molecule has 0 bridgehead atoms. The monoisotopic (exact) mass is 386 g/mol. The molecule has 0 spiro atoms. The van der Waals surface area contributed by atoms with Crippen LogP contribution < -0.4 is 0 Å². The number of carbonyl (C=O) groups is 1. The Hall–Kier alpha value is -2.15. The van der Waals surface area contributed by atoms with Gasteiger partial charge < -0.3 is 4.74 Å². The maximum absolute atomic E-state index is 10.9. The number of allylic oxidation sites excluding steroid dienone is 5. The zero-order valence-electron chi connectivity index (χ0n) is 14.1. The van der Waals surface area contributed by atoms with Crippen molar-refractivity contribution in [1.82, 2.24) is 0 Å². The molecular formula is C21H23BrO2. The predicted octanol–water partition coefficient (Wildman–Crippen LogP) is 4.92. The second-order valence-corrected chi connectivity index (χ2v) is 5.20. The summed E-state index contributed by atoms with van der Waals surface area (Å²) in [5.41, 5.74) is 0. The molecule has 0 amide bonds. The van der Waals surface area contributed by atoms with Crippen molar-refractivity contribution in [2.45, 2.75) is 44.9 Å². The van der Waals surface area contributed by atoms with Crippen molar-refractivity contribution in [3.05, 3.63) is 35.4 Å². The number of ether oxygens (including phenoxy) is 1. The normalized spacial score (nSPS) is 9.92. The molecule has 0 radical (unpaired) electrons. The van der Waals surface area contributed by atoms with Gasteiger partial charge in [0, 0.05) is 12.8 Å². The molecule has 0 rings (SSSR count). The number of methoxy groups -OCH3 is 1. The Balaban J connectivity index is 3.63. The lowest BCUT2D eigenvalue weighted by Gasteiger charge is -1.97. The summed E-state index contributed by atoms with van der Waals surface area (Å²) >= 11 is 3.15. The Morgan fingerprint density at radius 2 is 1.67 bits per heavy atom. The highest BCUT2D eigenvalue weighted by molar-refractivity contribution is 9.11. The van der Waals surface area contributed by atoms with Crippen molar-refractivity contribution in [2.75, 3.05) is 7.11 Å². The first-order valence-corrected chi connectivity index (χ1v) is 8.84. The fourth-order valence-electron chi connectivity index (χ4n) is 1.55. The maximum Gasteiger partial charge on any atom is 0.305 e. The summed E-state index contributed by atoms with van der Waals surface area (Å²) in [4.78, 5) is 12.6. The molecule has 0 heterocycles. The molecule has 0 unspecified atom stereocenters. The number of esters is 1. The second-order valence-electron chi connectivity index (χ2n) is 4.67. The molecular weight excluding hydrogens is 364 g/mol. The van der Waals surface area contributed by atoms with Crippen molar-refractivity contribution in [1.29, 1.82) is 0 Å². The quantitative estimate of drug-likeness (QED) is 0.336. The van der Waals surface area contributed by atoms with Crippen molar-refractivity contribution >= 4 is 21.9 Å². The Bertz CT molecular complexity index is 607. The molecule has 3 heteroatoms. The van der Waals surface area contributed by atoms with E-state index in [-0.39, 0.29) is 5.97 Å². The van der Waals surface area contributed by atoms with E-state index in [0.29, 0.717) is 6.42 Å². The first-order chi connectivity index (χ1) is 11.8. The molecule has 0 aliphatic heterocycles. The van der Waals surface area contributed by atoms with E-state index in [2.05, 4.69) is 56.2 Å². The molecule has 126 valence electrons. The Morgan fingerprint density at radius 1 is 0.958 bits per heavy atom. The summed E-state index contributed by atoms with van der Waals surface area (Å²) in [6.07, 6.45) is 15.5. The predicted molar refractivity (Wildman–Crippen MR) is 104 cm³/mol. The summed E-state index contributed by atoms with van der Waals surface area (Å²) in [6, 6.07) is 0. The van der Waals surface area contributed by atoms with Crippen LogP contribution in [0.5, 0.6) is 0 Å². The van der Waals surface area contributed by atoms with E-state index in [9.17, 15) is 4.79 Å². The van der Waals surface area contributed by atoms with Gasteiger partial charge in [0.2, 0.25) is 0 Å². The summed E-state index contributed by atoms with van der Waals surface area (Å²) < 4.78 is 4.58. The highest BCUT2D eigenvalue weighted by Crippen LogP contribution is 2.02. The Labute approximate surface area is 154 Å². The van der Waals surface area contributed by atoms with E-state index in [1.54, 1.807) is 11.1 Å². The highest BCUT2D eigenvalue weighted by Gasteiger charge is 1.97. The summed E-state index contributed by atoms with van der Waals surface area (Å²) in [7, 11) is 1.41. The molecule has 24 heavy (non-hydrogen) atoms. The van der Waals surface area contributed by atoms with Crippen LogP contribution in [0.15, 0.2) is 35.4 Å². The second kappa shape index (κ2) is 18.9. The summed E-state index contributed by atoms with van der Waals surface area (Å²) in [5, 5.41) is 0. The van der Waals surface area contributed by atoms with Crippen LogP contribution in [-0.2, 0) is 9.53 Å². The van der Waals surface area contributed by atoms with E-state index >= 15 is 0 Å². The zero-order valence-corrected chi connectivity index (χ0v) is 15.7. The van der Waals surface area contributed by atoms with E-state index < -0.39 is 0 Å². The first kappa shape index (κ1) is 21.9. The Morgan fingerprint density at radius 3 is 2.38 bits per heavy atom. The van der Waals surface area contributed by atoms with Crippen molar-refractivity contribution in [3.63, 3.8) is 0 Å². The lowest BCUT2D eigenvalue weighted by molar-refractivity contribution is -0.140. The standard InChI is InChI=1S/C21H23BrO2/c1-24-21(23)19-17-15-13-11-9-7-5-3-2-4-6-8-10-12-14-16-18-20-22/h2,4,10,12,18,20H,6,8,11,13,15,17,19H2,1H3/b4-2+,12-10+,20-18+. The minimum Gasteiger partial charge on any atom is -0.469 e. The van der Waals surface area contributed by atoms with Crippen molar-refractivity contribution in [2.24, 2.45) is 0 Å². The minimum atomic E-state index is -0.144. The lowest BCUT2D eigenvalue weighted by atomic mass is 10.1. The van der Waals surface area contributed by atoms with Gasteiger partial charge in [-0.3, -0.25) is 4.79 Å². The third-order valence-electron chi connectivity index (χ3n) is 2.77. The van der Waals surface area contributed by atoms with Gasteiger partial charge in [0.25, 0.3) is 0 Å². The van der Waals surface area contributed by atoms with Gasteiger partial charge in [0.15, 0.2) is 0 Å². The molecule has 2 nitrogen and oxygen atoms in total. The number of rotatable bonds is 8. The SMILES string of the molecule is COC(=O)CCCCCC#CC#C/C=C/CC/C=C/C#C/C=C/Br. The van der Waals surface area contributed by atoms with E-state index in [1.165, 1.54) is 7.11 Å². The van der Waals surface area contributed by atoms with Crippen LogP contribution >= 0.6 is 15.9 Å². The number of halogens is 1. The van der Waals surface area contributed by atoms with Gasteiger partial charge in [0.05, 0.1) is 7.11 Å². The molecule has 0 aromatic rings. The molecule has 0 aromatic carbocycles.